The van der Waals surface area contributed by atoms with E-state index in [9.17, 15) is 14.5 Å². The summed E-state index contributed by atoms with van der Waals surface area (Å²) in [6.07, 6.45) is 1.21. The van der Waals surface area contributed by atoms with Gasteiger partial charge in [-0.15, -0.1) is 4.39 Å². The fourth-order valence-corrected chi connectivity index (χ4v) is 0.721. The molecule has 0 radical (unpaired) electrons. The van der Waals surface area contributed by atoms with E-state index in [0.29, 0.717) is 5.56 Å². The zero-order chi connectivity index (χ0) is 8.97. The summed E-state index contributed by atoms with van der Waals surface area (Å²) in [5.74, 6) is 2.13. The smallest absolute Gasteiger partial charge is 0.258 e. The first-order valence-corrected chi connectivity index (χ1v) is 3.10. The lowest BCUT2D eigenvalue weighted by atomic mass is 10.2. The van der Waals surface area contributed by atoms with Crippen LogP contribution >= 0.6 is 0 Å². The van der Waals surface area contributed by atoms with Gasteiger partial charge in [0.25, 0.3) is 5.69 Å². The van der Waals surface area contributed by atoms with Crippen LogP contribution < -0.4 is 0 Å². The van der Waals surface area contributed by atoms with Crippen LogP contribution in [0.15, 0.2) is 24.3 Å². The highest BCUT2D eigenvalue weighted by Gasteiger charge is 2.01. The molecule has 0 atom stereocenters. The van der Waals surface area contributed by atoms with Gasteiger partial charge in [0, 0.05) is 17.7 Å². The molecule has 0 saturated carbocycles. The van der Waals surface area contributed by atoms with E-state index in [1.54, 1.807) is 0 Å². The predicted octanol–water partition coefficient (Wildman–Crippen LogP) is 1.87. The van der Waals surface area contributed by atoms with Crippen LogP contribution in [-0.4, -0.2) is 4.92 Å². The first-order chi connectivity index (χ1) is 5.74. The molecule has 0 aliphatic rings. The molecule has 12 heavy (non-hydrogen) atoms. The number of benzene rings is 1. The van der Waals surface area contributed by atoms with Crippen molar-refractivity contribution in [1.29, 1.82) is 0 Å². The van der Waals surface area contributed by atoms with E-state index in [2.05, 4.69) is 5.92 Å². The third-order valence-electron chi connectivity index (χ3n) is 1.27. The molecule has 0 amide bonds. The molecule has 0 aliphatic carbocycles. The van der Waals surface area contributed by atoms with Crippen molar-refractivity contribution in [2.24, 2.45) is 0 Å². The highest BCUT2D eigenvalue weighted by Crippen LogP contribution is 2.10. The molecule has 0 bridgehead atoms. The molecule has 0 spiro atoms. The minimum atomic E-state index is -0.521. The van der Waals surface area contributed by atoms with Crippen molar-refractivity contribution in [1.82, 2.24) is 0 Å². The maximum atomic E-state index is 11.4. The van der Waals surface area contributed by atoms with Gasteiger partial charge in [0.15, 0.2) is 0 Å². The molecule has 1 rings (SSSR count). The lowest BCUT2D eigenvalue weighted by Crippen LogP contribution is -1.86. The summed E-state index contributed by atoms with van der Waals surface area (Å²) < 4.78 is 11.4. The molecule has 0 heterocycles. The van der Waals surface area contributed by atoms with Crippen LogP contribution in [0.3, 0.4) is 0 Å². The van der Waals surface area contributed by atoms with Crippen molar-refractivity contribution in [2.75, 3.05) is 0 Å². The van der Waals surface area contributed by atoms with Crippen molar-refractivity contribution < 1.29 is 9.31 Å². The Morgan fingerprint density at radius 3 is 2.33 bits per heavy atom. The zero-order valence-corrected chi connectivity index (χ0v) is 5.95. The summed E-state index contributed by atoms with van der Waals surface area (Å²) >= 11 is 0. The number of halogens is 1. The number of nitro benzene ring substituents is 1. The van der Waals surface area contributed by atoms with Crippen LogP contribution in [0.4, 0.5) is 10.1 Å². The van der Waals surface area contributed by atoms with Crippen LogP contribution in [0.5, 0.6) is 0 Å². The van der Waals surface area contributed by atoms with Crippen molar-refractivity contribution in [3.63, 3.8) is 0 Å². The van der Waals surface area contributed by atoms with Gasteiger partial charge >= 0.3 is 0 Å². The van der Waals surface area contributed by atoms with Crippen molar-refractivity contribution in [3.05, 3.63) is 39.9 Å². The highest BCUT2D eigenvalue weighted by atomic mass is 19.1. The maximum absolute atomic E-state index is 11.4. The van der Waals surface area contributed by atoms with E-state index < -0.39 is 4.92 Å². The Bertz CT molecular complexity index is 348. The topological polar surface area (TPSA) is 43.1 Å². The standard InChI is InChI=1S/C8H4FNO2/c9-6-5-7-1-3-8(4-2-7)10(11)12/h1-4H. The first-order valence-electron chi connectivity index (χ1n) is 3.10. The summed E-state index contributed by atoms with van der Waals surface area (Å²) in [6, 6.07) is 5.34. The third-order valence-corrected chi connectivity index (χ3v) is 1.27. The number of nitro groups is 1. The molecule has 0 N–H and O–H groups in total. The Morgan fingerprint density at radius 2 is 1.92 bits per heavy atom. The Morgan fingerprint density at radius 1 is 1.33 bits per heavy atom. The Kier molecular flexibility index (Phi) is 2.38. The van der Waals surface area contributed by atoms with Gasteiger partial charge in [0.2, 0.25) is 0 Å². The molecule has 0 aromatic heterocycles. The van der Waals surface area contributed by atoms with Gasteiger partial charge in [0.05, 0.1) is 4.92 Å². The van der Waals surface area contributed by atoms with Crippen molar-refractivity contribution >= 4 is 5.69 Å². The molecule has 1 aromatic rings. The number of rotatable bonds is 1. The molecule has 1 aromatic carbocycles. The third kappa shape index (κ3) is 1.80. The number of nitrogens with zero attached hydrogens (tertiary/aromatic N) is 1. The van der Waals surface area contributed by atoms with E-state index in [1.807, 2.05) is 0 Å². The fraction of sp³-hybridized carbons (Fsp3) is 0. The first kappa shape index (κ1) is 8.21. The summed E-state index contributed by atoms with van der Waals surface area (Å²) in [7, 11) is 0. The lowest BCUT2D eigenvalue weighted by Gasteiger charge is -1.89. The van der Waals surface area contributed by atoms with Gasteiger partial charge in [-0.05, 0) is 18.1 Å². The highest BCUT2D eigenvalue weighted by molar-refractivity contribution is 5.40. The summed E-state index contributed by atoms with van der Waals surface area (Å²) in [5.41, 5.74) is 0.391. The van der Waals surface area contributed by atoms with Gasteiger partial charge in [-0.2, -0.15) is 0 Å². The largest absolute Gasteiger partial charge is 0.269 e. The van der Waals surface area contributed by atoms with Gasteiger partial charge in [-0.25, -0.2) is 0 Å². The van der Waals surface area contributed by atoms with Crippen molar-refractivity contribution in [2.45, 2.75) is 0 Å². The fourth-order valence-electron chi connectivity index (χ4n) is 0.721. The van der Waals surface area contributed by atoms with E-state index in [1.165, 1.54) is 30.4 Å². The van der Waals surface area contributed by atoms with E-state index in [0.717, 1.165) is 0 Å². The maximum Gasteiger partial charge on any atom is 0.269 e. The van der Waals surface area contributed by atoms with Crippen LogP contribution in [0.1, 0.15) is 5.56 Å². The van der Waals surface area contributed by atoms with Crippen LogP contribution in [-0.2, 0) is 0 Å². The summed E-state index contributed by atoms with van der Waals surface area (Å²) in [4.78, 5) is 9.64. The Labute approximate surface area is 68.0 Å². The molecule has 4 heteroatoms. The average molecular weight is 165 g/mol. The van der Waals surface area contributed by atoms with Gasteiger partial charge in [-0.1, -0.05) is 0 Å². The SMILES string of the molecule is O=[N+]([O-])c1ccc(C#CF)cc1. The average Bonchev–Trinajstić information content (AvgIpc) is 2.06. The van der Waals surface area contributed by atoms with E-state index >= 15 is 0 Å². The number of hydrogen-bond acceptors (Lipinski definition) is 2. The predicted molar refractivity (Wildman–Crippen MR) is 41.1 cm³/mol. The van der Waals surface area contributed by atoms with Crippen LogP contribution in [0.25, 0.3) is 0 Å². The molecule has 0 fully saturated rings. The zero-order valence-electron chi connectivity index (χ0n) is 5.95. The van der Waals surface area contributed by atoms with E-state index in [-0.39, 0.29) is 5.69 Å². The monoisotopic (exact) mass is 165 g/mol. The minimum absolute atomic E-state index is 0.0283. The number of hydrogen-bond donors (Lipinski definition) is 0. The quantitative estimate of drug-likeness (QED) is 0.362. The molecule has 3 nitrogen and oxygen atoms in total. The lowest BCUT2D eigenvalue weighted by molar-refractivity contribution is -0.384. The van der Waals surface area contributed by atoms with Crippen LogP contribution in [0.2, 0.25) is 0 Å². The second-order valence-corrected chi connectivity index (χ2v) is 2.02. The Hall–Kier alpha value is -1.89. The molecular formula is C8H4FNO2. The number of non-ortho nitro benzene ring substituents is 1. The van der Waals surface area contributed by atoms with Gasteiger partial charge in [-0.3, -0.25) is 10.1 Å². The second kappa shape index (κ2) is 3.49. The molecule has 0 saturated heterocycles. The summed E-state index contributed by atoms with van der Waals surface area (Å²) in [6.45, 7) is 0. The second-order valence-electron chi connectivity index (χ2n) is 2.02. The van der Waals surface area contributed by atoms with Gasteiger partial charge in [0.1, 0.15) is 6.17 Å². The van der Waals surface area contributed by atoms with E-state index in [4.69, 9.17) is 0 Å². The molecule has 0 aliphatic heterocycles. The normalized spacial score (nSPS) is 8.42. The van der Waals surface area contributed by atoms with Gasteiger partial charge < -0.3 is 0 Å². The van der Waals surface area contributed by atoms with Crippen molar-refractivity contribution in [3.8, 4) is 12.1 Å². The minimum Gasteiger partial charge on any atom is -0.258 e. The molecular weight excluding hydrogens is 161 g/mol. The van der Waals surface area contributed by atoms with Crippen LogP contribution in [0, 0.1) is 22.2 Å². The molecule has 60 valence electrons. The summed E-state index contributed by atoms with van der Waals surface area (Å²) in [5, 5.41) is 10.2. The molecule has 0 unspecified atom stereocenters. The Balaban J connectivity index is 2.98.